The third-order valence-corrected chi connectivity index (χ3v) is 4.13. The van der Waals surface area contributed by atoms with E-state index in [-0.39, 0.29) is 11.7 Å². The second kappa shape index (κ2) is 6.44. The number of carbonyl (C=O) groups excluding carboxylic acids is 1. The number of amides is 1. The van der Waals surface area contributed by atoms with Gasteiger partial charge in [-0.15, -0.1) is 10.2 Å². The Morgan fingerprint density at radius 2 is 2.12 bits per heavy atom. The predicted octanol–water partition coefficient (Wildman–Crippen LogP) is 1.55. The van der Waals surface area contributed by atoms with Gasteiger partial charge in [-0.05, 0) is 17.7 Å². The Hall–Kier alpha value is -3.07. The minimum absolute atomic E-state index is 0.127. The molecule has 1 aromatic carbocycles. The van der Waals surface area contributed by atoms with Crippen molar-refractivity contribution in [1.82, 2.24) is 30.5 Å². The first-order valence-electron chi connectivity index (χ1n) is 7.79. The van der Waals surface area contributed by atoms with Crippen molar-refractivity contribution < 1.29 is 13.9 Å². The number of rotatable bonds is 3. The van der Waals surface area contributed by atoms with E-state index in [0.29, 0.717) is 31.1 Å². The standard InChI is InChI=1S/C16H15FN6O2/c17-11-3-1-10(2-4-11)12-7-18-8-13(12)16(24)23-5-6-25-14(9-23)15-19-21-22-20-15/h1-4,7-8,14,18H,5-6,9H2,(H,19,20,21,22). The highest BCUT2D eigenvalue weighted by atomic mass is 19.1. The number of H-pyrrole nitrogens is 2. The van der Waals surface area contributed by atoms with E-state index in [0.717, 1.165) is 11.1 Å². The number of carbonyl (C=O) groups is 1. The molecule has 2 aromatic heterocycles. The fourth-order valence-electron chi connectivity index (χ4n) is 2.88. The van der Waals surface area contributed by atoms with E-state index >= 15 is 0 Å². The zero-order chi connectivity index (χ0) is 17.2. The minimum Gasteiger partial charge on any atom is -0.366 e. The zero-order valence-electron chi connectivity index (χ0n) is 13.1. The second-order valence-corrected chi connectivity index (χ2v) is 5.67. The molecule has 9 heteroatoms. The molecule has 3 aromatic rings. The molecule has 8 nitrogen and oxygen atoms in total. The molecule has 3 heterocycles. The van der Waals surface area contributed by atoms with Crippen LogP contribution in [0.25, 0.3) is 11.1 Å². The number of morpholine rings is 1. The summed E-state index contributed by atoms with van der Waals surface area (Å²) in [6.07, 6.45) is 2.97. The topological polar surface area (TPSA) is 99.8 Å². The van der Waals surface area contributed by atoms with E-state index in [1.54, 1.807) is 29.4 Å². The van der Waals surface area contributed by atoms with Crippen molar-refractivity contribution in [3.8, 4) is 11.1 Å². The lowest BCUT2D eigenvalue weighted by molar-refractivity contribution is -0.0267. The third kappa shape index (κ3) is 3.01. The monoisotopic (exact) mass is 342 g/mol. The van der Waals surface area contributed by atoms with Gasteiger partial charge in [-0.25, -0.2) is 4.39 Å². The molecule has 25 heavy (non-hydrogen) atoms. The van der Waals surface area contributed by atoms with E-state index in [1.165, 1.54) is 12.1 Å². The van der Waals surface area contributed by atoms with E-state index in [4.69, 9.17) is 4.74 Å². The summed E-state index contributed by atoms with van der Waals surface area (Å²) in [6, 6.07) is 6.04. The van der Waals surface area contributed by atoms with Gasteiger partial charge in [0.1, 0.15) is 11.9 Å². The first-order valence-corrected chi connectivity index (χ1v) is 7.79. The van der Waals surface area contributed by atoms with Crippen molar-refractivity contribution in [2.75, 3.05) is 19.7 Å². The SMILES string of the molecule is O=C(c1c[nH]cc1-c1ccc(F)cc1)N1CCOC(c2nn[nH]n2)C1. The molecule has 1 aliphatic rings. The molecule has 1 saturated heterocycles. The number of tetrazole rings is 1. The number of ether oxygens (including phenoxy) is 1. The Bertz CT molecular complexity index is 861. The quantitative estimate of drug-likeness (QED) is 0.752. The van der Waals surface area contributed by atoms with Crippen molar-refractivity contribution in [3.05, 3.63) is 53.9 Å². The van der Waals surface area contributed by atoms with Crippen LogP contribution in [0.15, 0.2) is 36.7 Å². The number of hydrogen-bond acceptors (Lipinski definition) is 5. The van der Waals surface area contributed by atoms with Crippen LogP contribution in [0.3, 0.4) is 0 Å². The highest BCUT2D eigenvalue weighted by Gasteiger charge is 2.29. The van der Waals surface area contributed by atoms with Crippen molar-refractivity contribution in [2.24, 2.45) is 0 Å². The number of nitrogens with one attached hydrogen (secondary N) is 2. The van der Waals surface area contributed by atoms with Gasteiger partial charge in [0.25, 0.3) is 5.91 Å². The molecule has 2 N–H and O–H groups in total. The van der Waals surface area contributed by atoms with Crippen LogP contribution >= 0.6 is 0 Å². The molecular weight excluding hydrogens is 327 g/mol. The van der Waals surface area contributed by atoms with Crippen molar-refractivity contribution >= 4 is 5.91 Å². The highest BCUT2D eigenvalue weighted by molar-refractivity contribution is 6.00. The smallest absolute Gasteiger partial charge is 0.256 e. The number of aromatic amines is 2. The van der Waals surface area contributed by atoms with Crippen LogP contribution in [0.1, 0.15) is 22.3 Å². The fourth-order valence-corrected chi connectivity index (χ4v) is 2.88. The molecule has 0 bridgehead atoms. The Labute approximate surface area is 142 Å². The lowest BCUT2D eigenvalue weighted by atomic mass is 10.0. The van der Waals surface area contributed by atoms with Gasteiger partial charge < -0.3 is 14.6 Å². The second-order valence-electron chi connectivity index (χ2n) is 5.67. The molecule has 1 aliphatic heterocycles. The van der Waals surface area contributed by atoms with Gasteiger partial charge in [-0.1, -0.05) is 17.3 Å². The molecule has 0 spiro atoms. The molecule has 0 radical (unpaired) electrons. The Morgan fingerprint density at radius 1 is 1.28 bits per heavy atom. The maximum absolute atomic E-state index is 13.1. The molecule has 1 fully saturated rings. The van der Waals surface area contributed by atoms with Gasteiger partial charge in [0.2, 0.25) is 5.82 Å². The summed E-state index contributed by atoms with van der Waals surface area (Å²) in [6.45, 7) is 1.20. The molecule has 0 saturated carbocycles. The molecule has 4 rings (SSSR count). The zero-order valence-corrected chi connectivity index (χ0v) is 13.1. The van der Waals surface area contributed by atoms with Gasteiger partial charge in [0.05, 0.1) is 18.7 Å². The number of hydrogen-bond donors (Lipinski definition) is 2. The number of aromatic nitrogens is 5. The van der Waals surface area contributed by atoms with Crippen molar-refractivity contribution in [2.45, 2.75) is 6.10 Å². The summed E-state index contributed by atoms with van der Waals surface area (Å²) in [5, 5.41) is 13.7. The lowest BCUT2D eigenvalue weighted by Crippen LogP contribution is -2.42. The van der Waals surface area contributed by atoms with Crippen LogP contribution in [0.2, 0.25) is 0 Å². The Morgan fingerprint density at radius 3 is 2.88 bits per heavy atom. The third-order valence-electron chi connectivity index (χ3n) is 4.13. The fraction of sp³-hybridized carbons (Fsp3) is 0.250. The largest absolute Gasteiger partial charge is 0.366 e. The highest BCUT2D eigenvalue weighted by Crippen LogP contribution is 2.27. The number of benzene rings is 1. The first kappa shape index (κ1) is 15.5. The summed E-state index contributed by atoms with van der Waals surface area (Å²) in [5.74, 6) is -0.0222. The first-order chi connectivity index (χ1) is 12.2. The number of nitrogens with zero attached hydrogens (tertiary/aromatic N) is 4. The molecule has 1 atom stereocenters. The average Bonchev–Trinajstić information content (AvgIpc) is 3.34. The van der Waals surface area contributed by atoms with Gasteiger partial charge in [0.15, 0.2) is 0 Å². The summed E-state index contributed by atoms with van der Waals surface area (Å²) in [5.41, 5.74) is 2.03. The van der Waals surface area contributed by atoms with Gasteiger partial charge in [-0.3, -0.25) is 4.79 Å². The molecular formula is C16H15FN6O2. The Kier molecular flexibility index (Phi) is 3.98. The molecule has 1 amide bonds. The molecule has 1 unspecified atom stereocenters. The summed E-state index contributed by atoms with van der Waals surface area (Å²) < 4.78 is 18.8. The summed E-state index contributed by atoms with van der Waals surface area (Å²) in [4.78, 5) is 17.6. The van der Waals surface area contributed by atoms with E-state index in [1.807, 2.05) is 0 Å². The average molecular weight is 342 g/mol. The molecule has 0 aliphatic carbocycles. The summed E-state index contributed by atoms with van der Waals surface area (Å²) >= 11 is 0. The minimum atomic E-state index is -0.412. The van der Waals surface area contributed by atoms with Crippen LogP contribution in [0.5, 0.6) is 0 Å². The van der Waals surface area contributed by atoms with Crippen LogP contribution in [-0.2, 0) is 4.74 Å². The van der Waals surface area contributed by atoms with Crippen molar-refractivity contribution in [1.29, 1.82) is 0 Å². The van der Waals surface area contributed by atoms with Crippen molar-refractivity contribution in [3.63, 3.8) is 0 Å². The maximum atomic E-state index is 13.1. The number of halogens is 1. The normalized spacial score (nSPS) is 17.6. The van der Waals surface area contributed by atoms with Crippen LogP contribution in [0.4, 0.5) is 4.39 Å². The van der Waals surface area contributed by atoms with Gasteiger partial charge >= 0.3 is 0 Å². The lowest BCUT2D eigenvalue weighted by Gasteiger charge is -2.31. The van der Waals surface area contributed by atoms with Crippen LogP contribution in [-0.4, -0.2) is 56.1 Å². The predicted molar refractivity (Wildman–Crippen MR) is 85.0 cm³/mol. The van der Waals surface area contributed by atoms with Crippen LogP contribution < -0.4 is 0 Å². The van der Waals surface area contributed by atoms with E-state index in [2.05, 4.69) is 25.6 Å². The van der Waals surface area contributed by atoms with E-state index < -0.39 is 6.10 Å². The Balaban J connectivity index is 1.57. The van der Waals surface area contributed by atoms with Crippen LogP contribution in [0, 0.1) is 5.82 Å². The van der Waals surface area contributed by atoms with E-state index in [9.17, 15) is 9.18 Å². The maximum Gasteiger partial charge on any atom is 0.256 e. The molecule has 128 valence electrons. The van der Waals surface area contributed by atoms with Gasteiger partial charge in [-0.2, -0.15) is 5.21 Å². The summed E-state index contributed by atoms with van der Waals surface area (Å²) in [7, 11) is 0. The van der Waals surface area contributed by atoms with Gasteiger partial charge in [0, 0.05) is 24.5 Å².